The van der Waals surface area contributed by atoms with Gasteiger partial charge in [0.2, 0.25) is 5.91 Å². The van der Waals surface area contributed by atoms with Crippen molar-refractivity contribution in [3.8, 4) is 6.07 Å². The molecule has 2 atom stereocenters. The van der Waals surface area contributed by atoms with Crippen LogP contribution in [0.1, 0.15) is 44.0 Å². The Morgan fingerprint density at radius 2 is 1.84 bits per heavy atom. The molecular formula is C20H24N2O3. The lowest BCUT2D eigenvalue weighted by Crippen LogP contribution is -2.48. The number of nitriles is 1. The van der Waals surface area contributed by atoms with Crippen molar-refractivity contribution in [2.24, 2.45) is 17.3 Å². The summed E-state index contributed by atoms with van der Waals surface area (Å²) in [6, 6.07) is 10.3. The highest BCUT2D eigenvalue weighted by Crippen LogP contribution is 2.26. The van der Waals surface area contributed by atoms with Crippen LogP contribution in [0, 0.1) is 28.6 Å². The van der Waals surface area contributed by atoms with E-state index in [1.54, 1.807) is 35.2 Å². The van der Waals surface area contributed by atoms with Crippen LogP contribution < -0.4 is 0 Å². The van der Waals surface area contributed by atoms with E-state index in [1.165, 1.54) is 0 Å². The molecule has 0 N–H and O–H groups in total. The Labute approximate surface area is 148 Å². The highest BCUT2D eigenvalue weighted by Gasteiger charge is 2.38. The first-order chi connectivity index (χ1) is 11.8. The molecule has 0 aliphatic carbocycles. The summed E-state index contributed by atoms with van der Waals surface area (Å²) in [5.74, 6) is -2.61. The normalized spacial score (nSPS) is 19.0. The van der Waals surface area contributed by atoms with Gasteiger partial charge in [0.05, 0.1) is 6.07 Å². The Morgan fingerprint density at radius 3 is 2.40 bits per heavy atom. The highest BCUT2D eigenvalue weighted by atomic mass is 16.2. The van der Waals surface area contributed by atoms with Crippen LogP contribution in [-0.2, 0) is 9.59 Å². The lowest BCUT2D eigenvalue weighted by atomic mass is 9.83. The van der Waals surface area contributed by atoms with Gasteiger partial charge in [0.25, 0.3) is 0 Å². The van der Waals surface area contributed by atoms with Gasteiger partial charge in [0, 0.05) is 30.0 Å². The van der Waals surface area contributed by atoms with Gasteiger partial charge in [-0.2, -0.15) is 5.26 Å². The van der Waals surface area contributed by atoms with Gasteiger partial charge >= 0.3 is 0 Å². The van der Waals surface area contributed by atoms with Crippen LogP contribution in [0.2, 0.25) is 0 Å². The number of carbonyl (C=O) groups excluding carboxylic acids is 3. The van der Waals surface area contributed by atoms with Crippen molar-refractivity contribution >= 4 is 17.5 Å². The van der Waals surface area contributed by atoms with E-state index in [9.17, 15) is 19.6 Å². The Hall–Kier alpha value is -2.48. The zero-order valence-corrected chi connectivity index (χ0v) is 15.0. The molecule has 5 heteroatoms. The molecule has 1 amide bonds. The zero-order chi connectivity index (χ0) is 18.6. The third-order valence-electron chi connectivity index (χ3n) is 4.49. The van der Waals surface area contributed by atoms with Crippen LogP contribution in [0.5, 0.6) is 0 Å². The first-order valence-corrected chi connectivity index (χ1v) is 8.57. The van der Waals surface area contributed by atoms with Crippen LogP contribution in [0.15, 0.2) is 30.3 Å². The van der Waals surface area contributed by atoms with Gasteiger partial charge in [-0.05, 0) is 12.8 Å². The van der Waals surface area contributed by atoms with Crippen LogP contribution in [0.4, 0.5) is 0 Å². The molecule has 1 aliphatic rings. The minimum Gasteiger partial charge on any atom is -0.342 e. The van der Waals surface area contributed by atoms with Crippen molar-refractivity contribution in [2.45, 2.75) is 33.6 Å². The van der Waals surface area contributed by atoms with Crippen molar-refractivity contribution in [1.82, 2.24) is 4.90 Å². The second kappa shape index (κ2) is 7.60. The number of benzene rings is 1. The maximum atomic E-state index is 12.8. The summed E-state index contributed by atoms with van der Waals surface area (Å²) in [5.41, 5.74) is -0.153. The Balaban J connectivity index is 2.14. The van der Waals surface area contributed by atoms with E-state index in [2.05, 4.69) is 0 Å². The summed E-state index contributed by atoms with van der Waals surface area (Å²) in [6.07, 6.45) is 1.31. The lowest BCUT2D eigenvalue weighted by Gasteiger charge is -2.36. The van der Waals surface area contributed by atoms with Gasteiger partial charge in [-0.25, -0.2) is 0 Å². The molecule has 0 saturated carbocycles. The van der Waals surface area contributed by atoms with Gasteiger partial charge in [-0.1, -0.05) is 51.1 Å². The van der Waals surface area contributed by atoms with Crippen LogP contribution in [-0.4, -0.2) is 35.5 Å². The predicted octanol–water partition coefficient (Wildman–Crippen LogP) is 2.86. The van der Waals surface area contributed by atoms with Crippen molar-refractivity contribution < 1.29 is 14.4 Å². The molecule has 5 nitrogen and oxygen atoms in total. The highest BCUT2D eigenvalue weighted by molar-refractivity contribution is 6.13. The maximum Gasteiger partial charge on any atom is 0.227 e. The second-order valence-electron chi connectivity index (χ2n) is 7.54. The summed E-state index contributed by atoms with van der Waals surface area (Å²) < 4.78 is 0. The number of hydrogen-bond donors (Lipinski definition) is 0. The fourth-order valence-electron chi connectivity index (χ4n) is 3.12. The Kier molecular flexibility index (Phi) is 5.73. The number of nitrogens with zero attached hydrogens (tertiary/aromatic N) is 2. The quantitative estimate of drug-likeness (QED) is 0.624. The summed E-state index contributed by atoms with van der Waals surface area (Å²) in [7, 11) is 0. The molecule has 0 unspecified atom stereocenters. The molecule has 25 heavy (non-hydrogen) atoms. The monoisotopic (exact) mass is 340 g/mol. The smallest absolute Gasteiger partial charge is 0.227 e. The number of likely N-dealkylation sites (tertiary alicyclic amines) is 1. The third kappa shape index (κ3) is 4.33. The minimum absolute atomic E-state index is 0.00658. The van der Waals surface area contributed by atoms with Crippen LogP contribution >= 0.6 is 0 Å². The van der Waals surface area contributed by atoms with E-state index in [0.717, 1.165) is 0 Å². The van der Waals surface area contributed by atoms with Crippen molar-refractivity contribution in [3.05, 3.63) is 35.9 Å². The minimum atomic E-state index is -1.31. The van der Waals surface area contributed by atoms with Crippen molar-refractivity contribution in [1.29, 1.82) is 5.26 Å². The first-order valence-electron chi connectivity index (χ1n) is 8.57. The topological polar surface area (TPSA) is 78.2 Å². The average molecular weight is 340 g/mol. The Bertz CT molecular complexity index is 698. The molecule has 2 rings (SSSR count). The molecule has 0 bridgehead atoms. The van der Waals surface area contributed by atoms with Gasteiger partial charge < -0.3 is 4.90 Å². The standard InChI is InChI=1S/C20H24N2O3/c1-20(2,3)19(25)22-11-7-10-15(13-22)18(24)16(12-21)17(23)14-8-5-4-6-9-14/h4-6,8-9,15-16H,7,10-11,13H2,1-3H3/t15-,16+/m1/s1. The molecule has 1 aromatic carbocycles. The number of piperidine rings is 1. The second-order valence-corrected chi connectivity index (χ2v) is 7.54. The van der Waals surface area contributed by atoms with E-state index in [0.29, 0.717) is 24.9 Å². The third-order valence-corrected chi connectivity index (χ3v) is 4.49. The summed E-state index contributed by atoms with van der Waals surface area (Å²) in [4.78, 5) is 39.4. The first kappa shape index (κ1) is 18.9. The fourth-order valence-corrected chi connectivity index (χ4v) is 3.12. The number of rotatable bonds is 4. The van der Waals surface area contributed by atoms with Crippen LogP contribution in [0.3, 0.4) is 0 Å². The number of amides is 1. The Morgan fingerprint density at radius 1 is 1.20 bits per heavy atom. The zero-order valence-electron chi connectivity index (χ0n) is 15.0. The van der Waals surface area contributed by atoms with Crippen molar-refractivity contribution in [2.75, 3.05) is 13.1 Å². The molecule has 1 aliphatic heterocycles. The number of hydrogen-bond acceptors (Lipinski definition) is 4. The summed E-state index contributed by atoms with van der Waals surface area (Å²) in [6.45, 7) is 6.44. The number of carbonyl (C=O) groups is 3. The predicted molar refractivity (Wildman–Crippen MR) is 93.6 cm³/mol. The molecular weight excluding hydrogens is 316 g/mol. The molecule has 1 heterocycles. The van der Waals surface area contributed by atoms with Gasteiger partial charge in [0.1, 0.15) is 0 Å². The molecule has 1 saturated heterocycles. The van der Waals surface area contributed by atoms with E-state index in [-0.39, 0.29) is 18.2 Å². The molecule has 0 aromatic heterocycles. The van der Waals surface area contributed by atoms with Gasteiger partial charge in [-0.3, -0.25) is 14.4 Å². The van der Waals surface area contributed by atoms with E-state index < -0.39 is 23.0 Å². The number of Topliss-reactive ketones (excluding diaryl/α,β-unsaturated/α-hetero) is 2. The lowest BCUT2D eigenvalue weighted by molar-refractivity contribution is -0.142. The van der Waals surface area contributed by atoms with E-state index >= 15 is 0 Å². The largest absolute Gasteiger partial charge is 0.342 e. The maximum absolute atomic E-state index is 12.8. The van der Waals surface area contributed by atoms with Crippen LogP contribution in [0.25, 0.3) is 0 Å². The SMILES string of the molecule is CC(C)(C)C(=O)N1CCC[C@@H](C(=O)[C@@H](C#N)C(=O)c2ccccc2)C1. The van der Waals surface area contributed by atoms with Crippen molar-refractivity contribution in [3.63, 3.8) is 0 Å². The average Bonchev–Trinajstić information content (AvgIpc) is 2.61. The summed E-state index contributed by atoms with van der Waals surface area (Å²) in [5, 5.41) is 9.39. The molecule has 0 spiro atoms. The molecule has 132 valence electrons. The molecule has 1 aromatic rings. The fraction of sp³-hybridized carbons (Fsp3) is 0.500. The van der Waals surface area contributed by atoms with E-state index in [4.69, 9.17) is 0 Å². The van der Waals surface area contributed by atoms with Gasteiger partial charge in [0.15, 0.2) is 17.5 Å². The summed E-state index contributed by atoms with van der Waals surface area (Å²) >= 11 is 0. The molecule has 0 radical (unpaired) electrons. The van der Waals surface area contributed by atoms with Gasteiger partial charge in [-0.15, -0.1) is 0 Å². The number of ketones is 2. The van der Waals surface area contributed by atoms with E-state index in [1.807, 2.05) is 26.8 Å². The molecule has 1 fully saturated rings.